The van der Waals surface area contributed by atoms with E-state index in [-0.39, 0.29) is 24.5 Å². The summed E-state index contributed by atoms with van der Waals surface area (Å²) in [6, 6.07) is 8.15. The summed E-state index contributed by atoms with van der Waals surface area (Å²) in [4.78, 5) is 8.59. The quantitative estimate of drug-likeness (QED) is 0.384. The molecule has 0 spiro atoms. The Morgan fingerprint density at radius 1 is 1.23 bits per heavy atom. The third kappa shape index (κ3) is 5.58. The van der Waals surface area contributed by atoms with Crippen LogP contribution in [0.25, 0.3) is 5.65 Å². The zero-order valence-electron chi connectivity index (χ0n) is 17.5. The number of likely N-dealkylation sites (N-methyl/N-ethyl adjacent to an activating group) is 1. The molecule has 0 aliphatic heterocycles. The Bertz CT molecular complexity index is 922. The second-order valence-corrected chi connectivity index (χ2v) is 7.08. The van der Waals surface area contributed by atoms with Crippen LogP contribution < -0.4 is 20.5 Å². The number of nitrogen functional groups attached to an aromatic ring is 1. The number of hydrogen-bond donors (Lipinski definition) is 3. The standard InChI is InChI=1S/C21H30N6O3/c1-3-4-18(9-11-28)30-21-25-19(22)20-24-14-16(27(20)26-21)13-15-5-7-17(8-6-15)29-12-10-23-2/h5-8,14,18,23,28H,3-4,9-13H2,1-2H3,(H2,22,25,26). The first-order valence-electron chi connectivity index (χ1n) is 10.3. The van der Waals surface area contributed by atoms with Gasteiger partial charge in [-0.15, -0.1) is 5.10 Å². The van der Waals surface area contributed by atoms with Gasteiger partial charge in [-0.25, -0.2) is 9.50 Å². The van der Waals surface area contributed by atoms with Crippen molar-refractivity contribution in [2.75, 3.05) is 32.5 Å². The van der Waals surface area contributed by atoms with E-state index in [0.29, 0.717) is 25.1 Å². The van der Waals surface area contributed by atoms with E-state index >= 15 is 0 Å². The lowest BCUT2D eigenvalue weighted by atomic mass is 10.1. The van der Waals surface area contributed by atoms with E-state index in [1.807, 2.05) is 31.3 Å². The molecule has 0 fully saturated rings. The number of nitrogens with one attached hydrogen (secondary N) is 1. The summed E-state index contributed by atoms with van der Waals surface area (Å²) in [5.41, 5.74) is 8.55. The molecular formula is C21H30N6O3. The molecule has 0 bridgehead atoms. The Balaban J connectivity index is 1.77. The molecular weight excluding hydrogens is 384 g/mol. The molecule has 2 aromatic heterocycles. The molecule has 0 aliphatic carbocycles. The van der Waals surface area contributed by atoms with Gasteiger partial charge in [-0.2, -0.15) is 4.98 Å². The molecule has 3 rings (SSSR count). The smallest absolute Gasteiger partial charge is 0.336 e. The first-order valence-corrected chi connectivity index (χ1v) is 10.3. The van der Waals surface area contributed by atoms with Crippen molar-refractivity contribution in [1.29, 1.82) is 0 Å². The van der Waals surface area contributed by atoms with Gasteiger partial charge in [0.2, 0.25) is 0 Å². The van der Waals surface area contributed by atoms with Gasteiger partial charge in [-0.1, -0.05) is 25.5 Å². The lowest BCUT2D eigenvalue weighted by Crippen LogP contribution is -2.20. The molecule has 4 N–H and O–H groups in total. The summed E-state index contributed by atoms with van der Waals surface area (Å²) in [5.74, 6) is 1.10. The van der Waals surface area contributed by atoms with Gasteiger partial charge < -0.3 is 25.6 Å². The van der Waals surface area contributed by atoms with Crippen LogP contribution in [0.2, 0.25) is 0 Å². The number of aromatic nitrogens is 4. The fourth-order valence-corrected chi connectivity index (χ4v) is 3.16. The van der Waals surface area contributed by atoms with Crippen molar-refractivity contribution in [1.82, 2.24) is 24.9 Å². The molecule has 0 aliphatic rings. The number of benzene rings is 1. The minimum absolute atomic E-state index is 0.0490. The highest BCUT2D eigenvalue weighted by molar-refractivity contribution is 5.59. The molecule has 1 unspecified atom stereocenters. The summed E-state index contributed by atoms with van der Waals surface area (Å²) in [7, 11) is 1.89. The van der Waals surface area contributed by atoms with Crippen molar-refractivity contribution in [2.45, 2.75) is 38.7 Å². The normalized spacial score (nSPS) is 12.2. The molecule has 1 aromatic carbocycles. The van der Waals surface area contributed by atoms with E-state index < -0.39 is 0 Å². The highest BCUT2D eigenvalue weighted by Crippen LogP contribution is 2.20. The predicted octanol–water partition coefficient (Wildman–Crippen LogP) is 1.83. The van der Waals surface area contributed by atoms with E-state index in [9.17, 15) is 5.11 Å². The molecule has 30 heavy (non-hydrogen) atoms. The van der Waals surface area contributed by atoms with Crippen molar-refractivity contribution >= 4 is 11.5 Å². The van der Waals surface area contributed by atoms with E-state index in [1.54, 1.807) is 10.7 Å². The molecule has 0 saturated carbocycles. The number of hydrogen-bond acceptors (Lipinski definition) is 8. The molecule has 2 heterocycles. The molecule has 9 heteroatoms. The zero-order chi connectivity index (χ0) is 21.3. The number of ether oxygens (including phenoxy) is 2. The van der Waals surface area contributed by atoms with Crippen LogP contribution in [0.5, 0.6) is 11.8 Å². The monoisotopic (exact) mass is 414 g/mol. The fraction of sp³-hybridized carbons (Fsp3) is 0.476. The van der Waals surface area contributed by atoms with Gasteiger partial charge in [0.1, 0.15) is 18.5 Å². The Hall–Kier alpha value is -2.91. The van der Waals surface area contributed by atoms with Gasteiger partial charge in [0.05, 0.1) is 11.9 Å². The van der Waals surface area contributed by atoms with Gasteiger partial charge in [0.25, 0.3) is 0 Å². The highest BCUT2D eigenvalue weighted by Gasteiger charge is 2.16. The Kier molecular flexibility index (Phi) is 7.81. The van der Waals surface area contributed by atoms with Crippen molar-refractivity contribution < 1.29 is 14.6 Å². The number of nitrogens with two attached hydrogens (primary N) is 1. The maximum absolute atomic E-state index is 9.25. The number of aliphatic hydroxyl groups excluding tert-OH is 1. The van der Waals surface area contributed by atoms with Crippen LogP contribution in [0.4, 0.5) is 5.82 Å². The third-order valence-electron chi connectivity index (χ3n) is 4.70. The Morgan fingerprint density at radius 2 is 2.03 bits per heavy atom. The van der Waals surface area contributed by atoms with Crippen molar-refractivity contribution in [3.63, 3.8) is 0 Å². The molecule has 3 aromatic rings. The maximum Gasteiger partial charge on any atom is 0.336 e. The number of rotatable bonds is 12. The molecule has 0 amide bonds. The molecule has 162 valence electrons. The van der Waals surface area contributed by atoms with Gasteiger partial charge in [0.15, 0.2) is 11.5 Å². The topological polar surface area (TPSA) is 120 Å². The number of aliphatic hydroxyl groups is 1. The van der Waals surface area contributed by atoms with Gasteiger partial charge >= 0.3 is 6.01 Å². The number of imidazole rings is 1. The minimum Gasteiger partial charge on any atom is -0.492 e. The van der Waals surface area contributed by atoms with Crippen LogP contribution in [-0.2, 0) is 6.42 Å². The van der Waals surface area contributed by atoms with Crippen molar-refractivity contribution in [3.8, 4) is 11.8 Å². The van der Waals surface area contributed by atoms with Crippen LogP contribution in [0.3, 0.4) is 0 Å². The predicted molar refractivity (Wildman–Crippen MR) is 115 cm³/mol. The zero-order valence-corrected chi connectivity index (χ0v) is 17.5. The van der Waals surface area contributed by atoms with E-state index in [2.05, 4.69) is 27.3 Å². The first-order chi connectivity index (χ1) is 14.6. The van der Waals surface area contributed by atoms with Crippen LogP contribution in [0.15, 0.2) is 30.5 Å². The van der Waals surface area contributed by atoms with Crippen LogP contribution in [-0.4, -0.2) is 57.6 Å². The maximum atomic E-state index is 9.25. The molecule has 9 nitrogen and oxygen atoms in total. The summed E-state index contributed by atoms with van der Waals surface area (Å²) < 4.78 is 13.2. The average molecular weight is 415 g/mol. The average Bonchev–Trinajstić information content (AvgIpc) is 3.13. The second-order valence-electron chi connectivity index (χ2n) is 7.08. The first kappa shape index (κ1) is 21.8. The summed E-state index contributed by atoms with van der Waals surface area (Å²) in [5, 5.41) is 16.8. The minimum atomic E-state index is -0.153. The second kappa shape index (κ2) is 10.7. The number of anilines is 1. The molecule has 1 atom stereocenters. The Morgan fingerprint density at radius 3 is 2.73 bits per heavy atom. The summed E-state index contributed by atoms with van der Waals surface area (Å²) in [6.07, 6.45) is 4.49. The SMILES string of the molecule is CCCC(CCO)Oc1nc(N)c2ncc(Cc3ccc(OCCNC)cc3)n2n1. The van der Waals surface area contributed by atoms with Crippen molar-refractivity contribution in [3.05, 3.63) is 41.7 Å². The summed E-state index contributed by atoms with van der Waals surface area (Å²) in [6.45, 7) is 3.54. The van der Waals surface area contributed by atoms with E-state index in [1.165, 1.54) is 0 Å². The largest absolute Gasteiger partial charge is 0.492 e. The third-order valence-corrected chi connectivity index (χ3v) is 4.70. The van der Waals surface area contributed by atoms with E-state index in [4.69, 9.17) is 15.2 Å². The lowest BCUT2D eigenvalue weighted by molar-refractivity contribution is 0.133. The fourth-order valence-electron chi connectivity index (χ4n) is 3.16. The van der Waals surface area contributed by atoms with Crippen molar-refractivity contribution in [2.24, 2.45) is 0 Å². The van der Waals surface area contributed by atoms with Crippen LogP contribution >= 0.6 is 0 Å². The van der Waals surface area contributed by atoms with Crippen LogP contribution in [0, 0.1) is 0 Å². The highest BCUT2D eigenvalue weighted by atomic mass is 16.5. The molecule has 0 radical (unpaired) electrons. The van der Waals surface area contributed by atoms with Gasteiger partial charge in [-0.3, -0.25) is 0 Å². The van der Waals surface area contributed by atoms with Gasteiger partial charge in [0, 0.05) is 26.0 Å². The summed E-state index contributed by atoms with van der Waals surface area (Å²) >= 11 is 0. The van der Waals surface area contributed by atoms with Crippen LogP contribution in [0.1, 0.15) is 37.4 Å². The molecule has 0 saturated heterocycles. The number of fused-ring (bicyclic) bond motifs is 1. The van der Waals surface area contributed by atoms with E-state index in [0.717, 1.165) is 36.4 Å². The lowest BCUT2D eigenvalue weighted by Gasteiger charge is -2.16. The Labute approximate surface area is 176 Å². The van der Waals surface area contributed by atoms with Gasteiger partial charge in [-0.05, 0) is 31.2 Å². The number of nitrogens with zero attached hydrogens (tertiary/aromatic N) is 4.